The van der Waals surface area contributed by atoms with Gasteiger partial charge in [0.15, 0.2) is 17.6 Å². The van der Waals surface area contributed by atoms with Crippen molar-refractivity contribution < 1.29 is 19.0 Å². The van der Waals surface area contributed by atoms with E-state index in [1.165, 1.54) is 5.56 Å². The van der Waals surface area contributed by atoms with Crippen LogP contribution in [-0.2, 0) is 11.2 Å². The Morgan fingerprint density at radius 1 is 1.12 bits per heavy atom. The van der Waals surface area contributed by atoms with E-state index >= 15 is 0 Å². The normalized spacial score (nSPS) is 13.9. The van der Waals surface area contributed by atoms with Gasteiger partial charge in [0.05, 0.1) is 0 Å². The third kappa shape index (κ3) is 3.79. The van der Waals surface area contributed by atoms with Crippen LogP contribution in [0.4, 0.5) is 5.69 Å². The third-order valence-corrected chi connectivity index (χ3v) is 3.82. The minimum absolute atomic E-state index is 0.216. The summed E-state index contributed by atoms with van der Waals surface area (Å²) in [5.74, 6) is 1.80. The van der Waals surface area contributed by atoms with E-state index in [0.29, 0.717) is 36.1 Å². The molecule has 1 atom stereocenters. The van der Waals surface area contributed by atoms with Gasteiger partial charge in [-0.3, -0.25) is 4.79 Å². The number of ether oxygens (including phenoxy) is 3. The number of anilines is 1. The first-order chi connectivity index (χ1) is 11.7. The fraction of sp³-hybridized carbons (Fsp3) is 0.316. The van der Waals surface area contributed by atoms with Gasteiger partial charge in [0.1, 0.15) is 19.0 Å². The van der Waals surface area contributed by atoms with Crippen molar-refractivity contribution in [3.63, 3.8) is 0 Å². The summed E-state index contributed by atoms with van der Waals surface area (Å²) in [6.45, 7) is 4.87. The fourth-order valence-electron chi connectivity index (χ4n) is 2.43. The van der Waals surface area contributed by atoms with E-state index < -0.39 is 6.10 Å². The Kier molecular flexibility index (Phi) is 4.89. The predicted molar refractivity (Wildman–Crippen MR) is 92.0 cm³/mol. The molecule has 1 amide bonds. The van der Waals surface area contributed by atoms with Crippen LogP contribution >= 0.6 is 0 Å². The van der Waals surface area contributed by atoms with E-state index in [0.717, 1.165) is 6.42 Å². The van der Waals surface area contributed by atoms with Crippen LogP contribution in [0.5, 0.6) is 17.2 Å². The molecular weight excluding hydrogens is 306 g/mol. The van der Waals surface area contributed by atoms with E-state index in [9.17, 15) is 4.79 Å². The van der Waals surface area contributed by atoms with Gasteiger partial charge in [0, 0.05) is 11.8 Å². The summed E-state index contributed by atoms with van der Waals surface area (Å²) in [5, 5.41) is 2.84. The topological polar surface area (TPSA) is 56.8 Å². The summed E-state index contributed by atoms with van der Waals surface area (Å²) >= 11 is 0. The number of hydrogen-bond acceptors (Lipinski definition) is 4. The molecule has 5 heteroatoms. The van der Waals surface area contributed by atoms with Crippen LogP contribution in [0.25, 0.3) is 0 Å². The summed E-state index contributed by atoms with van der Waals surface area (Å²) < 4.78 is 16.7. The zero-order valence-electron chi connectivity index (χ0n) is 13.9. The van der Waals surface area contributed by atoms with Gasteiger partial charge >= 0.3 is 0 Å². The highest BCUT2D eigenvalue weighted by atomic mass is 16.6. The molecule has 3 rings (SSSR count). The lowest BCUT2D eigenvalue weighted by Crippen LogP contribution is -2.30. The molecule has 0 unspecified atom stereocenters. The van der Waals surface area contributed by atoms with Gasteiger partial charge in [-0.25, -0.2) is 0 Å². The van der Waals surface area contributed by atoms with Gasteiger partial charge < -0.3 is 19.5 Å². The number of nitrogens with one attached hydrogen (secondary N) is 1. The highest BCUT2D eigenvalue weighted by Gasteiger charge is 2.17. The minimum atomic E-state index is -0.606. The van der Waals surface area contributed by atoms with Gasteiger partial charge in [-0.1, -0.05) is 19.1 Å². The van der Waals surface area contributed by atoms with E-state index in [1.807, 2.05) is 24.3 Å². The Bertz CT molecular complexity index is 712. The Morgan fingerprint density at radius 2 is 1.83 bits per heavy atom. The predicted octanol–water partition coefficient (Wildman–Crippen LogP) is 3.43. The number of carbonyl (C=O) groups is 1. The molecule has 0 bridgehead atoms. The molecule has 24 heavy (non-hydrogen) atoms. The number of aryl methyl sites for hydroxylation is 1. The molecule has 1 N–H and O–H groups in total. The SMILES string of the molecule is CCc1ccc(O[C@@H](C)C(=O)Nc2ccc3c(c2)OCCO3)cc1. The second-order valence-electron chi connectivity index (χ2n) is 5.61. The molecule has 0 aromatic heterocycles. The van der Waals surface area contributed by atoms with Crippen LogP contribution in [0.2, 0.25) is 0 Å². The Balaban J connectivity index is 1.61. The number of fused-ring (bicyclic) bond motifs is 1. The van der Waals surface area contributed by atoms with E-state index in [2.05, 4.69) is 12.2 Å². The van der Waals surface area contributed by atoms with Gasteiger partial charge in [0.2, 0.25) is 0 Å². The van der Waals surface area contributed by atoms with E-state index in [-0.39, 0.29) is 5.91 Å². The monoisotopic (exact) mass is 327 g/mol. The van der Waals surface area contributed by atoms with Crippen LogP contribution in [0.1, 0.15) is 19.4 Å². The first-order valence-electron chi connectivity index (χ1n) is 8.12. The Hall–Kier alpha value is -2.69. The molecule has 0 radical (unpaired) electrons. The second kappa shape index (κ2) is 7.25. The smallest absolute Gasteiger partial charge is 0.265 e. The van der Waals surface area contributed by atoms with Gasteiger partial charge in [-0.2, -0.15) is 0 Å². The Morgan fingerprint density at radius 3 is 2.54 bits per heavy atom. The molecule has 0 aliphatic carbocycles. The molecule has 2 aromatic carbocycles. The maximum atomic E-state index is 12.3. The molecular formula is C19H21NO4. The van der Waals surface area contributed by atoms with Crippen molar-refractivity contribution in [1.29, 1.82) is 0 Å². The zero-order valence-corrected chi connectivity index (χ0v) is 13.9. The van der Waals surface area contributed by atoms with E-state index in [1.54, 1.807) is 25.1 Å². The second-order valence-corrected chi connectivity index (χ2v) is 5.61. The molecule has 1 heterocycles. The highest BCUT2D eigenvalue weighted by Crippen LogP contribution is 2.32. The third-order valence-electron chi connectivity index (χ3n) is 3.82. The lowest BCUT2D eigenvalue weighted by Gasteiger charge is -2.19. The van der Waals surface area contributed by atoms with Crippen molar-refractivity contribution in [2.45, 2.75) is 26.4 Å². The highest BCUT2D eigenvalue weighted by molar-refractivity contribution is 5.94. The summed E-state index contributed by atoms with van der Waals surface area (Å²) in [7, 11) is 0. The van der Waals surface area contributed by atoms with Crippen molar-refractivity contribution >= 4 is 11.6 Å². The maximum absolute atomic E-state index is 12.3. The number of hydrogen-bond donors (Lipinski definition) is 1. The lowest BCUT2D eigenvalue weighted by atomic mass is 10.2. The van der Waals surface area contributed by atoms with Crippen molar-refractivity contribution in [3.8, 4) is 17.2 Å². The molecule has 0 saturated carbocycles. The number of amides is 1. The average molecular weight is 327 g/mol. The largest absolute Gasteiger partial charge is 0.486 e. The molecule has 2 aromatic rings. The summed E-state index contributed by atoms with van der Waals surface area (Å²) in [5.41, 5.74) is 1.89. The molecule has 1 aliphatic heterocycles. The van der Waals surface area contributed by atoms with Crippen molar-refractivity contribution in [3.05, 3.63) is 48.0 Å². The average Bonchev–Trinajstić information content (AvgIpc) is 2.62. The Labute approximate surface area is 141 Å². The maximum Gasteiger partial charge on any atom is 0.265 e. The van der Waals surface area contributed by atoms with Crippen molar-refractivity contribution in [2.24, 2.45) is 0 Å². The summed E-state index contributed by atoms with van der Waals surface area (Å²) in [4.78, 5) is 12.3. The first kappa shape index (κ1) is 16.2. The van der Waals surface area contributed by atoms with Crippen LogP contribution in [-0.4, -0.2) is 25.2 Å². The first-order valence-corrected chi connectivity index (χ1v) is 8.12. The summed E-state index contributed by atoms with van der Waals surface area (Å²) in [6.07, 6.45) is 0.367. The van der Waals surface area contributed by atoms with E-state index in [4.69, 9.17) is 14.2 Å². The fourth-order valence-corrected chi connectivity index (χ4v) is 2.43. The molecule has 126 valence electrons. The van der Waals surface area contributed by atoms with Gasteiger partial charge in [0.25, 0.3) is 5.91 Å². The molecule has 0 spiro atoms. The molecule has 1 aliphatic rings. The molecule has 0 saturated heterocycles. The quantitative estimate of drug-likeness (QED) is 0.914. The standard InChI is InChI=1S/C19H21NO4/c1-3-14-4-7-16(8-5-14)24-13(2)19(21)20-15-6-9-17-18(12-15)23-11-10-22-17/h4-9,12-13H,3,10-11H2,1-2H3,(H,20,21)/t13-/m0/s1. The van der Waals surface area contributed by atoms with Crippen LogP contribution in [0.3, 0.4) is 0 Å². The van der Waals surface area contributed by atoms with Crippen LogP contribution in [0.15, 0.2) is 42.5 Å². The van der Waals surface area contributed by atoms with Crippen molar-refractivity contribution in [2.75, 3.05) is 18.5 Å². The van der Waals surface area contributed by atoms with Crippen LogP contribution in [0, 0.1) is 0 Å². The van der Waals surface area contributed by atoms with Gasteiger partial charge in [-0.15, -0.1) is 0 Å². The number of benzene rings is 2. The zero-order chi connectivity index (χ0) is 16.9. The van der Waals surface area contributed by atoms with Crippen molar-refractivity contribution in [1.82, 2.24) is 0 Å². The lowest BCUT2D eigenvalue weighted by molar-refractivity contribution is -0.122. The molecule has 0 fully saturated rings. The number of rotatable bonds is 5. The minimum Gasteiger partial charge on any atom is -0.486 e. The summed E-state index contributed by atoms with van der Waals surface area (Å²) in [6, 6.07) is 13.1. The number of carbonyl (C=O) groups excluding carboxylic acids is 1. The molecule has 5 nitrogen and oxygen atoms in total. The van der Waals surface area contributed by atoms with Gasteiger partial charge in [-0.05, 0) is 43.2 Å². The van der Waals surface area contributed by atoms with Crippen LogP contribution < -0.4 is 19.5 Å².